The number of piperidine rings is 1. The maximum Gasteiger partial charge on any atom is 0.236 e. The van der Waals surface area contributed by atoms with Crippen LogP contribution in [-0.4, -0.2) is 48.5 Å². The average Bonchev–Trinajstić information content (AvgIpc) is 3.21. The molecular formula is C16H17N7O. The van der Waals surface area contributed by atoms with E-state index >= 15 is 0 Å². The lowest BCUT2D eigenvalue weighted by atomic mass is 9.86. The van der Waals surface area contributed by atoms with Crippen molar-refractivity contribution in [3.8, 4) is 6.07 Å². The van der Waals surface area contributed by atoms with Crippen LogP contribution in [0.2, 0.25) is 0 Å². The number of aromatic nitrogens is 5. The van der Waals surface area contributed by atoms with Crippen molar-refractivity contribution in [2.75, 3.05) is 13.1 Å². The Balaban J connectivity index is 1.76. The van der Waals surface area contributed by atoms with E-state index in [4.69, 9.17) is 5.26 Å². The zero-order chi connectivity index (χ0) is 16.7. The van der Waals surface area contributed by atoms with Crippen LogP contribution in [0.5, 0.6) is 0 Å². The van der Waals surface area contributed by atoms with Crippen molar-refractivity contribution in [3.05, 3.63) is 24.3 Å². The highest BCUT2D eigenvalue weighted by atomic mass is 16.2. The minimum atomic E-state index is -0.114. The first-order valence-electron chi connectivity index (χ1n) is 8.01. The molecule has 0 saturated carbocycles. The van der Waals surface area contributed by atoms with E-state index < -0.39 is 0 Å². The summed E-state index contributed by atoms with van der Waals surface area (Å²) in [6, 6.07) is 3.89. The molecule has 4 heterocycles. The summed E-state index contributed by atoms with van der Waals surface area (Å²) in [5, 5.41) is 17.4. The van der Waals surface area contributed by atoms with Crippen molar-refractivity contribution in [2.24, 2.45) is 5.92 Å². The minimum Gasteiger partial charge on any atom is -0.345 e. The molecule has 4 rings (SSSR count). The molecule has 1 N–H and O–H groups in total. The third kappa shape index (κ3) is 2.21. The smallest absolute Gasteiger partial charge is 0.236 e. The van der Waals surface area contributed by atoms with Gasteiger partial charge in [-0.3, -0.25) is 9.20 Å². The SMILES string of the molecule is C[C@@H]1CCN(C(=O)CC#N)C[C@@H]1c1nnc2cnc3[nH]ccc3n12. The number of nitrogens with one attached hydrogen (secondary N) is 1. The van der Waals surface area contributed by atoms with Gasteiger partial charge in [-0.2, -0.15) is 5.26 Å². The van der Waals surface area contributed by atoms with Crippen LogP contribution in [0.15, 0.2) is 18.5 Å². The number of nitriles is 1. The van der Waals surface area contributed by atoms with Crippen LogP contribution in [0, 0.1) is 17.2 Å². The number of H-pyrrole nitrogens is 1. The van der Waals surface area contributed by atoms with E-state index in [1.165, 1.54) is 0 Å². The standard InChI is InChI=1S/C16H17N7O/c1-10-4-7-22(14(24)2-5-17)9-11(10)16-21-20-13-8-19-15-12(23(13)16)3-6-18-15/h3,6,8,10-11,18H,2,4,7,9H2,1H3/t10-,11+/m1/s1. The third-order valence-electron chi connectivity index (χ3n) is 4.84. The fourth-order valence-corrected chi connectivity index (χ4v) is 3.45. The first kappa shape index (κ1) is 14.6. The van der Waals surface area contributed by atoms with Crippen LogP contribution in [0.25, 0.3) is 16.8 Å². The van der Waals surface area contributed by atoms with Gasteiger partial charge in [-0.1, -0.05) is 6.92 Å². The van der Waals surface area contributed by atoms with E-state index in [1.54, 1.807) is 11.1 Å². The number of nitrogens with zero attached hydrogens (tertiary/aromatic N) is 6. The van der Waals surface area contributed by atoms with Gasteiger partial charge in [0.2, 0.25) is 5.91 Å². The molecule has 0 aromatic carbocycles. The maximum atomic E-state index is 12.1. The summed E-state index contributed by atoms with van der Waals surface area (Å²) in [6.45, 7) is 3.43. The summed E-state index contributed by atoms with van der Waals surface area (Å²) in [4.78, 5) is 21.3. The van der Waals surface area contributed by atoms with Gasteiger partial charge in [0, 0.05) is 25.2 Å². The lowest BCUT2D eigenvalue weighted by Crippen LogP contribution is -2.42. The van der Waals surface area contributed by atoms with Crippen molar-refractivity contribution in [1.29, 1.82) is 5.26 Å². The lowest BCUT2D eigenvalue weighted by Gasteiger charge is -2.36. The molecule has 1 aliphatic rings. The monoisotopic (exact) mass is 323 g/mol. The van der Waals surface area contributed by atoms with Gasteiger partial charge in [-0.25, -0.2) is 4.98 Å². The molecule has 0 bridgehead atoms. The lowest BCUT2D eigenvalue weighted by molar-refractivity contribution is -0.131. The molecule has 0 aliphatic carbocycles. The molecule has 0 radical (unpaired) electrons. The van der Waals surface area contributed by atoms with Gasteiger partial charge in [0.05, 0.1) is 17.8 Å². The van der Waals surface area contributed by atoms with E-state index in [2.05, 4.69) is 27.1 Å². The van der Waals surface area contributed by atoms with Crippen molar-refractivity contribution in [3.63, 3.8) is 0 Å². The predicted molar refractivity (Wildman–Crippen MR) is 86.0 cm³/mol. The van der Waals surface area contributed by atoms with Gasteiger partial charge in [0.1, 0.15) is 12.2 Å². The van der Waals surface area contributed by atoms with Crippen LogP contribution in [0.4, 0.5) is 0 Å². The highest BCUT2D eigenvalue weighted by Crippen LogP contribution is 2.32. The molecule has 2 atom stereocenters. The number of hydrogen-bond donors (Lipinski definition) is 1. The van der Waals surface area contributed by atoms with Crippen LogP contribution in [0.1, 0.15) is 31.5 Å². The molecular weight excluding hydrogens is 306 g/mol. The second-order valence-corrected chi connectivity index (χ2v) is 6.27. The van der Waals surface area contributed by atoms with Gasteiger partial charge < -0.3 is 9.88 Å². The van der Waals surface area contributed by atoms with Gasteiger partial charge in [0.25, 0.3) is 0 Å². The first-order chi connectivity index (χ1) is 11.7. The average molecular weight is 323 g/mol. The third-order valence-corrected chi connectivity index (χ3v) is 4.84. The number of rotatable bonds is 2. The number of likely N-dealkylation sites (tertiary alicyclic amines) is 1. The summed E-state index contributed by atoms with van der Waals surface area (Å²) < 4.78 is 2.01. The molecule has 0 unspecified atom stereocenters. The maximum absolute atomic E-state index is 12.1. The molecule has 1 amide bonds. The highest BCUT2D eigenvalue weighted by molar-refractivity contribution is 5.78. The Bertz CT molecular complexity index is 950. The molecule has 8 nitrogen and oxygen atoms in total. The molecule has 1 aliphatic heterocycles. The van der Waals surface area contributed by atoms with Gasteiger partial charge in [-0.05, 0) is 18.4 Å². The first-order valence-corrected chi connectivity index (χ1v) is 8.01. The van der Waals surface area contributed by atoms with Crippen LogP contribution in [0.3, 0.4) is 0 Å². The topological polar surface area (TPSA) is 103 Å². The highest BCUT2D eigenvalue weighted by Gasteiger charge is 2.33. The zero-order valence-electron chi connectivity index (χ0n) is 13.3. The van der Waals surface area contributed by atoms with Crippen molar-refractivity contribution >= 4 is 22.7 Å². The molecule has 1 fully saturated rings. The summed E-state index contributed by atoms with van der Waals surface area (Å²) in [6.07, 6.45) is 4.35. The Morgan fingerprint density at radius 2 is 2.38 bits per heavy atom. The summed E-state index contributed by atoms with van der Waals surface area (Å²) >= 11 is 0. The minimum absolute atomic E-state index is 0.0757. The molecule has 3 aromatic rings. The summed E-state index contributed by atoms with van der Waals surface area (Å²) in [7, 11) is 0. The Morgan fingerprint density at radius 3 is 3.21 bits per heavy atom. The Labute approximate surface area is 138 Å². The van der Waals surface area contributed by atoms with Crippen molar-refractivity contribution in [2.45, 2.75) is 25.7 Å². The second-order valence-electron chi connectivity index (χ2n) is 6.27. The second kappa shape index (κ2) is 5.60. The largest absolute Gasteiger partial charge is 0.345 e. The molecule has 1 saturated heterocycles. The number of carbonyl (C=O) groups excluding carboxylic acids is 1. The normalized spacial score (nSPS) is 21.2. The van der Waals surface area contributed by atoms with Crippen LogP contribution < -0.4 is 0 Å². The number of carbonyl (C=O) groups is 1. The van der Waals surface area contributed by atoms with Crippen molar-refractivity contribution < 1.29 is 4.79 Å². The zero-order valence-corrected chi connectivity index (χ0v) is 13.3. The molecule has 0 spiro atoms. The Morgan fingerprint density at radius 1 is 1.50 bits per heavy atom. The van der Waals surface area contributed by atoms with E-state index in [9.17, 15) is 4.79 Å². The molecule has 122 valence electrons. The quantitative estimate of drug-likeness (QED) is 0.769. The molecule has 3 aromatic heterocycles. The summed E-state index contributed by atoms with van der Waals surface area (Å²) in [5.74, 6) is 1.19. The number of amides is 1. The molecule has 8 heteroatoms. The Kier molecular flexibility index (Phi) is 3.41. The van der Waals surface area contributed by atoms with Crippen molar-refractivity contribution in [1.82, 2.24) is 29.5 Å². The van der Waals surface area contributed by atoms with E-state index in [0.717, 1.165) is 23.4 Å². The number of hydrogen-bond acceptors (Lipinski definition) is 5. The number of fused-ring (bicyclic) bond motifs is 3. The van der Waals surface area contributed by atoms with E-state index in [-0.39, 0.29) is 18.2 Å². The Hall–Kier alpha value is -2.95. The fourth-order valence-electron chi connectivity index (χ4n) is 3.45. The van der Waals surface area contributed by atoms with E-state index in [0.29, 0.717) is 24.7 Å². The van der Waals surface area contributed by atoms with E-state index in [1.807, 2.05) is 22.7 Å². The predicted octanol–water partition coefficient (Wildman–Crippen LogP) is 1.47. The van der Waals surface area contributed by atoms with Crippen LogP contribution >= 0.6 is 0 Å². The summed E-state index contributed by atoms with van der Waals surface area (Å²) in [5.41, 5.74) is 2.41. The molecule has 24 heavy (non-hydrogen) atoms. The number of aromatic amines is 1. The van der Waals surface area contributed by atoms with Gasteiger partial charge in [0.15, 0.2) is 11.3 Å². The van der Waals surface area contributed by atoms with Gasteiger partial charge >= 0.3 is 0 Å². The van der Waals surface area contributed by atoms with Gasteiger partial charge in [-0.15, -0.1) is 10.2 Å². The van der Waals surface area contributed by atoms with Crippen LogP contribution in [-0.2, 0) is 4.79 Å². The fraction of sp³-hybridized carbons (Fsp3) is 0.438.